The van der Waals surface area contributed by atoms with Crippen LogP contribution in [-0.4, -0.2) is 34.4 Å². The molecule has 0 saturated heterocycles. The number of ether oxygens (including phenoxy) is 2. The van der Waals surface area contributed by atoms with Crippen molar-refractivity contribution in [3.05, 3.63) is 65.5 Å². The average molecular weight is 373 g/mol. The maximum atomic E-state index is 12.9. The van der Waals surface area contributed by atoms with Crippen LogP contribution in [-0.2, 0) is 6.42 Å². The Morgan fingerprint density at radius 2 is 1.82 bits per heavy atom. The molecule has 0 fully saturated rings. The first-order valence-electron chi connectivity index (χ1n) is 9.20. The molecular weight excluding hydrogens is 354 g/mol. The number of benzene rings is 2. The molecule has 0 radical (unpaired) electrons. The number of carbonyl (C=O) groups is 1. The summed E-state index contributed by atoms with van der Waals surface area (Å²) in [5.74, 6) is 2.13. The van der Waals surface area contributed by atoms with Gasteiger partial charge in [0.2, 0.25) is 5.78 Å². The number of fused-ring (bicyclic) bond motifs is 4. The largest absolute Gasteiger partial charge is 0.493 e. The van der Waals surface area contributed by atoms with Gasteiger partial charge in [-0.25, -0.2) is 9.97 Å². The summed E-state index contributed by atoms with van der Waals surface area (Å²) in [6, 6.07) is 13.7. The zero-order chi connectivity index (χ0) is 19.3. The number of nitrogens with zero attached hydrogens (tertiary/aromatic N) is 3. The Balaban J connectivity index is 1.58. The quantitative estimate of drug-likeness (QED) is 0.546. The molecule has 1 aliphatic rings. The number of imidazole rings is 1. The molecule has 140 valence electrons. The Kier molecular flexibility index (Phi) is 3.79. The third-order valence-corrected chi connectivity index (χ3v) is 5.43. The standard InChI is InChI=1S/C22H19N3O3/c1-27-20-8-7-13(11-21(20)28-2)14-9-17-15(19(26)10-14)12-25-18-6-4-3-5-16(18)23-22(25)24-17/h3-8,11-12,14H,9-10H2,1-2H3/t14-/m1/s1. The van der Waals surface area contributed by atoms with Crippen molar-refractivity contribution < 1.29 is 14.3 Å². The van der Waals surface area contributed by atoms with Crippen LogP contribution >= 0.6 is 0 Å². The summed E-state index contributed by atoms with van der Waals surface area (Å²) >= 11 is 0. The Hall–Kier alpha value is -3.41. The number of hydrogen-bond donors (Lipinski definition) is 0. The van der Waals surface area contributed by atoms with E-state index in [1.54, 1.807) is 14.2 Å². The van der Waals surface area contributed by atoms with E-state index in [0.717, 1.165) is 22.3 Å². The molecule has 0 unspecified atom stereocenters. The predicted octanol–water partition coefficient (Wildman–Crippen LogP) is 3.81. The third kappa shape index (κ3) is 2.52. The van der Waals surface area contributed by atoms with E-state index in [4.69, 9.17) is 14.5 Å². The van der Waals surface area contributed by atoms with Crippen LogP contribution < -0.4 is 9.47 Å². The second-order valence-corrected chi connectivity index (χ2v) is 7.01. The van der Waals surface area contributed by atoms with Crippen molar-refractivity contribution in [2.24, 2.45) is 0 Å². The maximum absolute atomic E-state index is 12.9. The Labute approximate surface area is 161 Å². The molecule has 4 aromatic rings. The number of carbonyl (C=O) groups excluding carboxylic acids is 1. The summed E-state index contributed by atoms with van der Waals surface area (Å²) in [7, 11) is 3.23. The maximum Gasteiger partial charge on any atom is 0.235 e. The Morgan fingerprint density at radius 1 is 1.00 bits per heavy atom. The highest BCUT2D eigenvalue weighted by Crippen LogP contribution is 2.36. The molecule has 0 N–H and O–H groups in total. The first kappa shape index (κ1) is 16.7. The molecule has 1 atom stereocenters. The zero-order valence-corrected chi connectivity index (χ0v) is 15.7. The highest BCUT2D eigenvalue weighted by Gasteiger charge is 2.29. The van der Waals surface area contributed by atoms with Crippen LogP contribution in [0.2, 0.25) is 0 Å². The molecule has 5 rings (SSSR count). The van der Waals surface area contributed by atoms with Gasteiger partial charge in [-0.3, -0.25) is 9.20 Å². The van der Waals surface area contributed by atoms with Crippen LogP contribution in [0.1, 0.15) is 34.0 Å². The second-order valence-electron chi connectivity index (χ2n) is 7.01. The summed E-state index contributed by atoms with van der Waals surface area (Å²) < 4.78 is 12.6. The van der Waals surface area contributed by atoms with E-state index < -0.39 is 0 Å². The number of methoxy groups -OCH3 is 2. The summed E-state index contributed by atoms with van der Waals surface area (Å²) in [6.45, 7) is 0. The molecule has 6 nitrogen and oxygen atoms in total. The van der Waals surface area contributed by atoms with Crippen molar-refractivity contribution in [3.63, 3.8) is 0 Å². The van der Waals surface area contributed by atoms with E-state index in [-0.39, 0.29) is 11.7 Å². The predicted molar refractivity (Wildman–Crippen MR) is 105 cm³/mol. The monoisotopic (exact) mass is 373 g/mol. The number of hydrogen-bond acceptors (Lipinski definition) is 5. The summed E-state index contributed by atoms with van der Waals surface area (Å²) in [5, 5.41) is 0. The van der Waals surface area contributed by atoms with Crippen LogP contribution in [0.3, 0.4) is 0 Å². The lowest BCUT2D eigenvalue weighted by Crippen LogP contribution is -2.21. The number of ketones is 1. The molecule has 6 heteroatoms. The van der Waals surface area contributed by atoms with E-state index >= 15 is 0 Å². The highest BCUT2D eigenvalue weighted by atomic mass is 16.5. The van der Waals surface area contributed by atoms with Crippen LogP contribution in [0.4, 0.5) is 0 Å². The van der Waals surface area contributed by atoms with Gasteiger partial charge in [-0.05, 0) is 42.2 Å². The van der Waals surface area contributed by atoms with E-state index in [0.29, 0.717) is 35.7 Å². The van der Waals surface area contributed by atoms with Gasteiger partial charge in [-0.1, -0.05) is 18.2 Å². The minimum absolute atomic E-state index is 0.0548. The van der Waals surface area contributed by atoms with Gasteiger partial charge in [0, 0.05) is 12.6 Å². The van der Waals surface area contributed by atoms with Crippen molar-refractivity contribution in [1.82, 2.24) is 14.4 Å². The molecular formula is C22H19N3O3. The van der Waals surface area contributed by atoms with Crippen LogP contribution in [0, 0.1) is 0 Å². The van der Waals surface area contributed by atoms with Gasteiger partial charge in [0.15, 0.2) is 17.3 Å². The van der Waals surface area contributed by atoms with Gasteiger partial charge >= 0.3 is 0 Å². The first-order valence-corrected chi connectivity index (χ1v) is 9.20. The summed E-state index contributed by atoms with van der Waals surface area (Å²) in [4.78, 5) is 22.2. The lowest BCUT2D eigenvalue weighted by molar-refractivity contribution is 0.0962. The SMILES string of the molecule is COc1ccc([C@H]2CC(=O)c3cn4c(nc3C2)nc2ccccc24)cc1OC. The molecule has 0 aliphatic heterocycles. The second kappa shape index (κ2) is 6.34. The Morgan fingerprint density at radius 3 is 2.64 bits per heavy atom. The number of rotatable bonds is 3. The zero-order valence-electron chi connectivity index (χ0n) is 15.7. The molecule has 28 heavy (non-hydrogen) atoms. The Bertz CT molecular complexity index is 1230. The molecule has 0 bridgehead atoms. The van der Waals surface area contributed by atoms with Gasteiger partial charge < -0.3 is 9.47 Å². The van der Waals surface area contributed by atoms with E-state index in [9.17, 15) is 4.79 Å². The van der Waals surface area contributed by atoms with Crippen molar-refractivity contribution in [3.8, 4) is 11.5 Å². The molecule has 0 spiro atoms. The first-order chi connectivity index (χ1) is 13.7. The number of Topliss-reactive ketones (excluding diaryl/α,β-unsaturated/α-hetero) is 1. The summed E-state index contributed by atoms with van der Waals surface area (Å²) in [6.07, 6.45) is 3.03. The smallest absolute Gasteiger partial charge is 0.235 e. The lowest BCUT2D eigenvalue weighted by atomic mass is 9.82. The third-order valence-electron chi connectivity index (χ3n) is 5.43. The topological polar surface area (TPSA) is 65.7 Å². The molecule has 1 aliphatic carbocycles. The van der Waals surface area contributed by atoms with Gasteiger partial charge in [0.05, 0.1) is 36.5 Å². The molecule has 2 heterocycles. The fourth-order valence-corrected chi connectivity index (χ4v) is 3.99. The highest BCUT2D eigenvalue weighted by molar-refractivity contribution is 5.99. The van der Waals surface area contributed by atoms with E-state index in [1.807, 2.05) is 53.1 Å². The number of aromatic nitrogens is 3. The van der Waals surface area contributed by atoms with Gasteiger partial charge in [0.1, 0.15) is 0 Å². The molecule has 2 aromatic heterocycles. The summed E-state index contributed by atoms with van der Waals surface area (Å²) in [5.41, 5.74) is 4.38. The van der Waals surface area contributed by atoms with Crippen molar-refractivity contribution in [1.29, 1.82) is 0 Å². The molecule has 0 amide bonds. The molecule has 2 aromatic carbocycles. The fourth-order valence-electron chi connectivity index (χ4n) is 3.99. The normalized spacial score (nSPS) is 16.4. The van der Waals surface area contributed by atoms with Crippen LogP contribution in [0.15, 0.2) is 48.7 Å². The van der Waals surface area contributed by atoms with Crippen molar-refractivity contribution in [2.45, 2.75) is 18.8 Å². The number of para-hydroxylation sites is 2. The lowest BCUT2D eigenvalue weighted by Gasteiger charge is -2.24. The van der Waals surface area contributed by atoms with E-state index in [2.05, 4.69) is 4.98 Å². The average Bonchev–Trinajstić information content (AvgIpc) is 3.09. The van der Waals surface area contributed by atoms with Crippen molar-refractivity contribution in [2.75, 3.05) is 14.2 Å². The van der Waals surface area contributed by atoms with Gasteiger partial charge in [-0.2, -0.15) is 0 Å². The minimum Gasteiger partial charge on any atom is -0.493 e. The van der Waals surface area contributed by atoms with Gasteiger partial charge in [-0.15, -0.1) is 0 Å². The van der Waals surface area contributed by atoms with Gasteiger partial charge in [0.25, 0.3) is 0 Å². The van der Waals surface area contributed by atoms with Crippen LogP contribution in [0.5, 0.6) is 11.5 Å². The van der Waals surface area contributed by atoms with Crippen LogP contribution in [0.25, 0.3) is 16.8 Å². The molecule has 0 saturated carbocycles. The van der Waals surface area contributed by atoms with Crippen molar-refractivity contribution >= 4 is 22.6 Å². The fraction of sp³-hybridized carbons (Fsp3) is 0.227. The minimum atomic E-state index is 0.0548. The van der Waals surface area contributed by atoms with E-state index in [1.165, 1.54) is 0 Å².